The van der Waals surface area contributed by atoms with Gasteiger partial charge in [-0.25, -0.2) is 13.6 Å². The molecule has 0 radical (unpaired) electrons. The Kier molecular flexibility index (Phi) is 11.7. The molecule has 0 heterocycles. The molecule has 0 saturated carbocycles. The lowest BCUT2D eigenvalue weighted by atomic mass is 10.0. The summed E-state index contributed by atoms with van der Waals surface area (Å²) < 4.78 is 32.6. The highest BCUT2D eigenvalue weighted by molar-refractivity contribution is 5.81. The van der Waals surface area contributed by atoms with Crippen LogP contribution in [0.2, 0.25) is 0 Å². The van der Waals surface area contributed by atoms with Crippen molar-refractivity contribution in [2.75, 3.05) is 13.1 Å². The van der Waals surface area contributed by atoms with E-state index in [-0.39, 0.29) is 24.4 Å². The second-order valence-electron chi connectivity index (χ2n) is 9.69. The highest BCUT2D eigenvalue weighted by atomic mass is 19.1. The van der Waals surface area contributed by atoms with E-state index in [0.29, 0.717) is 18.9 Å². The van der Waals surface area contributed by atoms with Gasteiger partial charge in [0.1, 0.15) is 17.2 Å². The largest absolute Gasteiger partial charge is 0.444 e. The molecule has 0 aliphatic carbocycles. The number of halogens is 2. The maximum atomic E-state index is 13.6. The van der Waals surface area contributed by atoms with Crippen molar-refractivity contribution in [1.29, 1.82) is 0 Å². The van der Waals surface area contributed by atoms with Gasteiger partial charge in [-0.3, -0.25) is 4.79 Å². The van der Waals surface area contributed by atoms with E-state index in [0.717, 1.165) is 24.6 Å². The van der Waals surface area contributed by atoms with Crippen molar-refractivity contribution in [2.24, 2.45) is 5.92 Å². The summed E-state index contributed by atoms with van der Waals surface area (Å²) in [5, 5.41) is 19.3. The summed E-state index contributed by atoms with van der Waals surface area (Å²) in [6.07, 6.45) is -0.625. The molecule has 1 rings (SSSR count). The Bertz CT molecular complexity index is 748. The summed E-state index contributed by atoms with van der Waals surface area (Å²) >= 11 is 0. The van der Waals surface area contributed by atoms with E-state index >= 15 is 0 Å². The van der Waals surface area contributed by atoms with Crippen LogP contribution in [0.25, 0.3) is 0 Å². The van der Waals surface area contributed by atoms with E-state index in [1.165, 1.54) is 0 Å². The standard InChI is InChI=1S/C24H39F2N3O4/c1-7-8-19(22(31)28-13-15(2)3)27-14-21(30)20(29-23(32)33-24(4,5)6)11-16-9-17(25)12-18(26)10-16/h9-10,12,15,19-21,27,30H,7-8,11,13-14H2,1-6H3,(H,28,31)(H,29,32)/t19-,20-,21+/m0/s1. The summed E-state index contributed by atoms with van der Waals surface area (Å²) in [7, 11) is 0. The molecule has 2 amide bonds. The first-order chi connectivity index (χ1) is 15.3. The van der Waals surface area contributed by atoms with Crippen molar-refractivity contribution in [3.8, 4) is 0 Å². The summed E-state index contributed by atoms with van der Waals surface area (Å²) in [5.74, 6) is -1.37. The van der Waals surface area contributed by atoms with Crippen LogP contribution in [0.1, 0.15) is 59.9 Å². The van der Waals surface area contributed by atoms with E-state index in [9.17, 15) is 23.5 Å². The molecule has 1 aromatic carbocycles. The molecule has 0 aromatic heterocycles. The Morgan fingerprint density at radius 1 is 1.09 bits per heavy atom. The second-order valence-corrected chi connectivity index (χ2v) is 9.69. The normalized spacial score (nSPS) is 14.5. The van der Waals surface area contributed by atoms with Crippen LogP contribution in [-0.4, -0.2) is 54.0 Å². The fourth-order valence-corrected chi connectivity index (χ4v) is 3.17. The minimum absolute atomic E-state index is 0.0158. The number of aliphatic hydroxyl groups excluding tert-OH is 1. The molecular weight excluding hydrogens is 432 g/mol. The second kappa shape index (κ2) is 13.4. The lowest BCUT2D eigenvalue weighted by molar-refractivity contribution is -0.123. The number of carbonyl (C=O) groups is 2. The molecule has 4 N–H and O–H groups in total. The van der Waals surface area contributed by atoms with Gasteiger partial charge in [0.2, 0.25) is 5.91 Å². The lowest BCUT2D eigenvalue weighted by Crippen LogP contribution is -2.53. The molecule has 0 saturated heterocycles. The maximum Gasteiger partial charge on any atom is 0.407 e. The van der Waals surface area contributed by atoms with Crippen LogP contribution in [0.3, 0.4) is 0 Å². The minimum atomic E-state index is -1.15. The smallest absolute Gasteiger partial charge is 0.407 e. The van der Waals surface area contributed by atoms with Crippen LogP contribution in [0.5, 0.6) is 0 Å². The van der Waals surface area contributed by atoms with Crippen molar-refractivity contribution < 1.29 is 28.2 Å². The minimum Gasteiger partial charge on any atom is -0.444 e. The number of carbonyl (C=O) groups excluding carboxylic acids is 2. The first-order valence-electron chi connectivity index (χ1n) is 11.4. The number of amides is 2. The summed E-state index contributed by atoms with van der Waals surface area (Å²) in [5.41, 5.74) is -0.490. The van der Waals surface area contributed by atoms with Crippen molar-refractivity contribution in [3.63, 3.8) is 0 Å². The zero-order chi connectivity index (χ0) is 25.2. The third-order valence-electron chi connectivity index (χ3n) is 4.70. The SMILES string of the molecule is CCC[C@H](NC[C@@H](O)[C@H](Cc1cc(F)cc(F)c1)NC(=O)OC(C)(C)C)C(=O)NCC(C)C. The van der Waals surface area contributed by atoms with Gasteiger partial charge in [0.05, 0.1) is 18.2 Å². The fraction of sp³-hybridized carbons (Fsp3) is 0.667. The average Bonchev–Trinajstić information content (AvgIpc) is 2.66. The molecule has 0 spiro atoms. The summed E-state index contributed by atoms with van der Waals surface area (Å²) in [4.78, 5) is 24.8. The first-order valence-corrected chi connectivity index (χ1v) is 11.4. The lowest BCUT2D eigenvalue weighted by Gasteiger charge is -2.28. The maximum absolute atomic E-state index is 13.6. The van der Waals surface area contributed by atoms with Crippen molar-refractivity contribution in [3.05, 3.63) is 35.4 Å². The molecule has 9 heteroatoms. The van der Waals surface area contributed by atoms with Gasteiger partial charge in [-0.1, -0.05) is 27.2 Å². The molecular formula is C24H39F2N3O4. The van der Waals surface area contributed by atoms with Crippen molar-refractivity contribution in [1.82, 2.24) is 16.0 Å². The van der Waals surface area contributed by atoms with Gasteiger partial charge < -0.3 is 25.8 Å². The van der Waals surface area contributed by atoms with Crippen LogP contribution in [-0.2, 0) is 16.0 Å². The number of ether oxygens (including phenoxy) is 1. The number of benzene rings is 1. The molecule has 1 aromatic rings. The molecule has 0 unspecified atom stereocenters. The number of aliphatic hydroxyl groups is 1. The van der Waals surface area contributed by atoms with E-state index < -0.39 is 41.5 Å². The molecule has 33 heavy (non-hydrogen) atoms. The van der Waals surface area contributed by atoms with Gasteiger partial charge in [0, 0.05) is 19.2 Å². The monoisotopic (exact) mass is 471 g/mol. The van der Waals surface area contributed by atoms with E-state index in [1.54, 1.807) is 20.8 Å². The van der Waals surface area contributed by atoms with E-state index in [4.69, 9.17) is 4.74 Å². The van der Waals surface area contributed by atoms with E-state index in [1.807, 2.05) is 20.8 Å². The predicted octanol–water partition coefficient (Wildman–Crippen LogP) is 3.29. The van der Waals surface area contributed by atoms with Crippen LogP contribution >= 0.6 is 0 Å². The molecule has 0 aliphatic rings. The Morgan fingerprint density at radius 2 is 1.70 bits per heavy atom. The summed E-state index contributed by atoms with van der Waals surface area (Å²) in [6, 6.07) is 1.62. The third-order valence-corrected chi connectivity index (χ3v) is 4.70. The topological polar surface area (TPSA) is 99.7 Å². The number of alkyl carbamates (subject to hydrolysis) is 1. The van der Waals surface area contributed by atoms with Crippen LogP contribution in [0, 0.1) is 17.6 Å². The Balaban J connectivity index is 2.92. The predicted molar refractivity (Wildman–Crippen MR) is 124 cm³/mol. The Hall–Kier alpha value is -2.26. The zero-order valence-electron chi connectivity index (χ0n) is 20.5. The van der Waals surface area contributed by atoms with Gasteiger partial charge in [0.25, 0.3) is 0 Å². The average molecular weight is 472 g/mol. The van der Waals surface area contributed by atoms with Gasteiger partial charge in [-0.2, -0.15) is 0 Å². The van der Waals surface area contributed by atoms with Gasteiger partial charge in [-0.05, 0) is 57.2 Å². The first kappa shape index (κ1) is 28.8. The number of nitrogens with one attached hydrogen (secondary N) is 3. The molecule has 0 bridgehead atoms. The van der Waals surface area contributed by atoms with Gasteiger partial charge in [0.15, 0.2) is 0 Å². The third kappa shape index (κ3) is 12.0. The van der Waals surface area contributed by atoms with E-state index in [2.05, 4.69) is 16.0 Å². The van der Waals surface area contributed by atoms with Crippen LogP contribution in [0.15, 0.2) is 18.2 Å². The van der Waals surface area contributed by atoms with Crippen LogP contribution < -0.4 is 16.0 Å². The summed E-state index contributed by atoms with van der Waals surface area (Å²) in [6.45, 7) is 11.6. The molecule has 7 nitrogen and oxygen atoms in total. The molecule has 188 valence electrons. The Morgan fingerprint density at radius 3 is 2.21 bits per heavy atom. The zero-order valence-corrected chi connectivity index (χ0v) is 20.5. The number of rotatable bonds is 12. The molecule has 3 atom stereocenters. The number of hydrogen-bond acceptors (Lipinski definition) is 5. The van der Waals surface area contributed by atoms with Gasteiger partial charge >= 0.3 is 6.09 Å². The van der Waals surface area contributed by atoms with Crippen molar-refractivity contribution in [2.45, 2.75) is 84.6 Å². The quantitative estimate of drug-likeness (QED) is 0.375. The van der Waals surface area contributed by atoms with Crippen molar-refractivity contribution >= 4 is 12.0 Å². The highest BCUT2D eigenvalue weighted by Gasteiger charge is 2.27. The highest BCUT2D eigenvalue weighted by Crippen LogP contribution is 2.13. The van der Waals surface area contributed by atoms with Crippen LogP contribution in [0.4, 0.5) is 13.6 Å². The Labute approximate surface area is 195 Å². The fourth-order valence-electron chi connectivity index (χ4n) is 3.17. The van der Waals surface area contributed by atoms with Gasteiger partial charge in [-0.15, -0.1) is 0 Å². The molecule has 0 fully saturated rings. The number of hydrogen-bond donors (Lipinski definition) is 4. The molecule has 0 aliphatic heterocycles.